The lowest BCUT2D eigenvalue weighted by molar-refractivity contribution is 0.251. The summed E-state index contributed by atoms with van der Waals surface area (Å²) in [5, 5.41) is 15.8. The lowest BCUT2D eigenvalue weighted by Crippen LogP contribution is -2.33. The average molecular weight is 309 g/mol. The number of rotatable bonds is 6. The highest BCUT2D eigenvalue weighted by atomic mass is 32.2. The van der Waals surface area contributed by atoms with Crippen molar-refractivity contribution in [1.29, 1.82) is 0 Å². The van der Waals surface area contributed by atoms with Crippen LogP contribution in [0.25, 0.3) is 0 Å². The average Bonchev–Trinajstić information content (AvgIpc) is 2.79. The fourth-order valence-electron chi connectivity index (χ4n) is 2.23. The molecule has 0 unspecified atom stereocenters. The van der Waals surface area contributed by atoms with Crippen LogP contribution in [0.3, 0.4) is 0 Å². The molecule has 21 heavy (non-hydrogen) atoms. The van der Waals surface area contributed by atoms with Crippen molar-refractivity contribution < 1.29 is 13.5 Å². The predicted molar refractivity (Wildman–Crippen MR) is 79.2 cm³/mol. The number of aliphatic hydroxyl groups is 1. The highest BCUT2D eigenvalue weighted by Gasteiger charge is 2.29. The number of aliphatic hydroxyl groups excluding tert-OH is 1. The predicted octanol–water partition coefficient (Wildman–Crippen LogP) is 1.21. The third-order valence-electron chi connectivity index (χ3n) is 3.21. The molecule has 6 nitrogen and oxygen atoms in total. The summed E-state index contributed by atoms with van der Waals surface area (Å²) in [6.07, 6.45) is 0. The third kappa shape index (κ3) is 3.31. The maximum Gasteiger partial charge on any atom is 0.247 e. The molecule has 0 atom stereocenters. The number of nitrogens with zero attached hydrogens (tertiary/aromatic N) is 2. The van der Waals surface area contributed by atoms with Crippen LogP contribution in [-0.4, -0.2) is 41.2 Å². The minimum atomic E-state index is -3.70. The Morgan fingerprint density at radius 1 is 1.24 bits per heavy atom. The van der Waals surface area contributed by atoms with Crippen molar-refractivity contribution >= 4 is 10.0 Å². The lowest BCUT2D eigenvalue weighted by atomic mass is 10.2. The topological polar surface area (TPSA) is 86.3 Å². The van der Waals surface area contributed by atoms with Crippen molar-refractivity contribution in [2.75, 3.05) is 13.2 Å². The van der Waals surface area contributed by atoms with Gasteiger partial charge in [-0.3, -0.25) is 5.10 Å². The molecule has 0 aliphatic carbocycles. The van der Waals surface area contributed by atoms with Gasteiger partial charge in [0.15, 0.2) is 0 Å². The molecule has 114 valence electrons. The maximum absolute atomic E-state index is 12.8. The summed E-state index contributed by atoms with van der Waals surface area (Å²) >= 11 is 0. The van der Waals surface area contributed by atoms with Crippen LogP contribution in [0.15, 0.2) is 35.2 Å². The SMILES string of the molecule is Cc1n[nH]c(C)c1S(=O)(=O)N(CCO)Cc1ccccc1. The first kappa shape index (κ1) is 15.7. The van der Waals surface area contributed by atoms with Crippen LogP contribution in [0.5, 0.6) is 0 Å². The molecule has 2 aromatic rings. The van der Waals surface area contributed by atoms with Gasteiger partial charge in [-0.1, -0.05) is 30.3 Å². The Labute approximate surface area is 124 Å². The normalized spacial score (nSPS) is 12.0. The van der Waals surface area contributed by atoms with E-state index in [9.17, 15) is 13.5 Å². The van der Waals surface area contributed by atoms with Crippen molar-refractivity contribution in [3.05, 3.63) is 47.3 Å². The third-order valence-corrected chi connectivity index (χ3v) is 5.32. The minimum Gasteiger partial charge on any atom is -0.395 e. The molecule has 1 heterocycles. The van der Waals surface area contributed by atoms with Crippen LogP contribution in [0.1, 0.15) is 17.0 Å². The van der Waals surface area contributed by atoms with Gasteiger partial charge in [0.1, 0.15) is 4.90 Å². The molecule has 7 heteroatoms. The summed E-state index contributed by atoms with van der Waals surface area (Å²) in [4.78, 5) is 0.187. The summed E-state index contributed by atoms with van der Waals surface area (Å²) in [6.45, 7) is 3.35. The molecule has 2 N–H and O–H groups in total. The van der Waals surface area contributed by atoms with Gasteiger partial charge in [0.2, 0.25) is 10.0 Å². The first-order chi connectivity index (χ1) is 9.96. The molecule has 1 aromatic heterocycles. The number of aromatic nitrogens is 2. The number of H-pyrrole nitrogens is 1. The van der Waals surface area contributed by atoms with Crippen molar-refractivity contribution in [1.82, 2.24) is 14.5 Å². The first-order valence-electron chi connectivity index (χ1n) is 6.63. The van der Waals surface area contributed by atoms with Gasteiger partial charge in [0, 0.05) is 13.1 Å². The summed E-state index contributed by atoms with van der Waals surface area (Å²) < 4.78 is 26.8. The van der Waals surface area contributed by atoms with Gasteiger partial charge < -0.3 is 5.11 Å². The minimum absolute atomic E-state index is 0.0429. The molecule has 1 aromatic carbocycles. The highest BCUT2D eigenvalue weighted by molar-refractivity contribution is 7.89. The second-order valence-corrected chi connectivity index (χ2v) is 6.69. The molecule has 0 spiro atoms. The van der Waals surface area contributed by atoms with E-state index in [0.717, 1.165) is 5.56 Å². The Morgan fingerprint density at radius 3 is 2.43 bits per heavy atom. The molecular weight excluding hydrogens is 290 g/mol. The fraction of sp³-hybridized carbons (Fsp3) is 0.357. The van der Waals surface area contributed by atoms with Crippen molar-refractivity contribution in [3.63, 3.8) is 0 Å². The van der Waals surface area contributed by atoms with Crippen LogP contribution < -0.4 is 0 Å². The number of hydrogen-bond donors (Lipinski definition) is 2. The highest BCUT2D eigenvalue weighted by Crippen LogP contribution is 2.23. The Bertz CT molecular complexity index is 676. The Hall–Kier alpha value is -1.70. The van der Waals surface area contributed by atoms with E-state index < -0.39 is 10.0 Å². The smallest absolute Gasteiger partial charge is 0.247 e. The number of aryl methyl sites for hydroxylation is 2. The van der Waals surface area contributed by atoms with E-state index >= 15 is 0 Å². The van der Waals surface area contributed by atoms with Gasteiger partial charge in [0.05, 0.1) is 18.0 Å². The van der Waals surface area contributed by atoms with E-state index in [1.165, 1.54) is 4.31 Å². The zero-order valence-corrected chi connectivity index (χ0v) is 12.9. The molecule has 0 amide bonds. The van der Waals surface area contributed by atoms with E-state index in [4.69, 9.17) is 0 Å². The standard InChI is InChI=1S/C14H19N3O3S/c1-11-14(12(2)16-15-11)21(19,20)17(8-9-18)10-13-6-4-3-5-7-13/h3-7,18H,8-10H2,1-2H3,(H,15,16). The fourth-order valence-corrected chi connectivity index (χ4v) is 3.98. The number of aromatic amines is 1. The van der Waals surface area contributed by atoms with Crippen molar-refractivity contribution in [2.45, 2.75) is 25.3 Å². The van der Waals surface area contributed by atoms with Gasteiger partial charge >= 0.3 is 0 Å². The molecule has 0 radical (unpaired) electrons. The first-order valence-corrected chi connectivity index (χ1v) is 8.07. The van der Waals surface area contributed by atoms with Gasteiger partial charge in [-0.25, -0.2) is 8.42 Å². The molecule has 0 fully saturated rings. The van der Waals surface area contributed by atoms with E-state index in [-0.39, 0.29) is 24.6 Å². The quantitative estimate of drug-likeness (QED) is 0.840. The molecule has 0 bridgehead atoms. The second kappa shape index (κ2) is 6.38. The van der Waals surface area contributed by atoms with Crippen LogP contribution in [-0.2, 0) is 16.6 Å². The largest absolute Gasteiger partial charge is 0.395 e. The zero-order chi connectivity index (χ0) is 15.5. The van der Waals surface area contributed by atoms with Crippen molar-refractivity contribution in [2.24, 2.45) is 0 Å². The van der Waals surface area contributed by atoms with Crippen LogP contribution in [0.4, 0.5) is 0 Å². The van der Waals surface area contributed by atoms with E-state index in [2.05, 4.69) is 10.2 Å². The van der Waals surface area contributed by atoms with Gasteiger partial charge in [-0.2, -0.15) is 9.40 Å². The van der Waals surface area contributed by atoms with Crippen molar-refractivity contribution in [3.8, 4) is 0 Å². The maximum atomic E-state index is 12.8. The molecule has 2 rings (SSSR count). The number of nitrogens with one attached hydrogen (secondary N) is 1. The number of sulfonamides is 1. The summed E-state index contributed by atoms with van der Waals surface area (Å²) in [7, 11) is -3.70. The Balaban J connectivity index is 2.37. The van der Waals surface area contributed by atoms with Gasteiger partial charge in [0.25, 0.3) is 0 Å². The van der Waals surface area contributed by atoms with Crippen LogP contribution in [0, 0.1) is 13.8 Å². The van der Waals surface area contributed by atoms with Gasteiger partial charge in [-0.15, -0.1) is 0 Å². The van der Waals surface area contributed by atoms with Crippen LogP contribution in [0.2, 0.25) is 0 Å². The molecule has 0 saturated heterocycles. The van der Waals surface area contributed by atoms with Gasteiger partial charge in [-0.05, 0) is 19.4 Å². The summed E-state index contributed by atoms with van der Waals surface area (Å²) in [5.74, 6) is 0. The van der Waals surface area contributed by atoms with Crippen LogP contribution >= 0.6 is 0 Å². The zero-order valence-electron chi connectivity index (χ0n) is 12.1. The van der Waals surface area contributed by atoms with E-state index in [1.807, 2.05) is 30.3 Å². The number of benzene rings is 1. The molecule has 0 aliphatic rings. The Morgan fingerprint density at radius 2 is 1.90 bits per heavy atom. The second-order valence-electron chi connectivity index (χ2n) is 4.81. The summed E-state index contributed by atoms with van der Waals surface area (Å²) in [5.41, 5.74) is 1.81. The number of hydrogen-bond acceptors (Lipinski definition) is 4. The molecular formula is C14H19N3O3S. The monoisotopic (exact) mass is 309 g/mol. The molecule has 0 saturated carbocycles. The Kier molecular flexibility index (Phi) is 4.76. The molecule has 0 aliphatic heterocycles. The lowest BCUT2D eigenvalue weighted by Gasteiger charge is -2.21. The summed E-state index contributed by atoms with van der Waals surface area (Å²) in [6, 6.07) is 9.30. The van der Waals surface area contributed by atoms with E-state index in [1.54, 1.807) is 13.8 Å². The van der Waals surface area contributed by atoms with E-state index in [0.29, 0.717) is 11.4 Å².